The Labute approximate surface area is 196 Å². The first-order chi connectivity index (χ1) is 15.9. The van der Waals surface area contributed by atoms with Crippen molar-refractivity contribution < 1.29 is 14.7 Å². The number of carbonyl (C=O) groups excluding carboxylic acids is 2. The molecule has 1 fully saturated rings. The van der Waals surface area contributed by atoms with E-state index in [1.54, 1.807) is 13.8 Å². The molecule has 2 aliphatic carbocycles. The molecule has 3 aliphatic rings. The average Bonchev–Trinajstić information content (AvgIpc) is 3.03. The number of allylic oxidation sites excluding steroid dienone is 4. The van der Waals surface area contributed by atoms with E-state index < -0.39 is 34.7 Å². The Morgan fingerprint density at radius 2 is 1.59 bits per heavy atom. The summed E-state index contributed by atoms with van der Waals surface area (Å²) in [5.74, 6) is -1.07. The highest BCUT2D eigenvalue weighted by molar-refractivity contribution is 6.15. The van der Waals surface area contributed by atoms with Gasteiger partial charge in [0.05, 0.1) is 18.0 Å². The molecule has 1 aromatic heterocycles. The number of hydrogen-bond acceptors (Lipinski definition) is 5. The first-order valence-corrected chi connectivity index (χ1v) is 11.6. The molecule has 1 aromatic carbocycles. The maximum atomic E-state index is 13.9. The summed E-state index contributed by atoms with van der Waals surface area (Å²) in [4.78, 5) is 53.2. The zero-order valence-electron chi connectivity index (χ0n) is 20.3. The number of rotatable bonds is 1. The smallest absolute Gasteiger partial charge is 0.347 e. The molecule has 34 heavy (non-hydrogen) atoms. The Kier molecular flexibility index (Phi) is 4.63. The van der Waals surface area contributed by atoms with Gasteiger partial charge in [0.15, 0.2) is 11.6 Å². The molecule has 1 saturated carbocycles. The van der Waals surface area contributed by atoms with Crippen LogP contribution in [0.1, 0.15) is 55.8 Å². The van der Waals surface area contributed by atoms with Crippen LogP contribution in [0, 0.1) is 25.2 Å². The SMILES string of the molecule is CC1=C(C)C(=O)C2(C)C(CC3C(=CCn4c(=O)n(C)c(=O)n43)C2c2cc(C)c(O)c(C)c2)C1=O. The van der Waals surface area contributed by atoms with Crippen LogP contribution >= 0.6 is 0 Å². The van der Waals surface area contributed by atoms with Crippen molar-refractivity contribution in [1.29, 1.82) is 0 Å². The summed E-state index contributed by atoms with van der Waals surface area (Å²) in [7, 11) is 1.45. The molecule has 2 heterocycles. The van der Waals surface area contributed by atoms with Gasteiger partial charge >= 0.3 is 11.4 Å². The van der Waals surface area contributed by atoms with Crippen LogP contribution in [-0.2, 0) is 23.2 Å². The number of carbonyl (C=O) groups is 2. The monoisotopic (exact) mass is 463 g/mol. The summed E-state index contributed by atoms with van der Waals surface area (Å²) >= 11 is 0. The van der Waals surface area contributed by atoms with Gasteiger partial charge in [-0.25, -0.2) is 23.5 Å². The van der Waals surface area contributed by atoms with Crippen molar-refractivity contribution in [3.05, 3.63) is 72.6 Å². The van der Waals surface area contributed by atoms with Gasteiger partial charge in [-0.2, -0.15) is 0 Å². The van der Waals surface area contributed by atoms with Gasteiger partial charge in [0.25, 0.3) is 0 Å². The van der Waals surface area contributed by atoms with Crippen LogP contribution in [0.5, 0.6) is 5.75 Å². The maximum absolute atomic E-state index is 13.9. The fourth-order valence-electron chi connectivity index (χ4n) is 6.49. The van der Waals surface area contributed by atoms with E-state index in [-0.39, 0.29) is 30.3 Å². The van der Waals surface area contributed by atoms with E-state index in [2.05, 4.69) is 0 Å². The lowest BCUT2D eigenvalue weighted by Gasteiger charge is -2.53. The molecule has 1 N–H and O–H groups in total. The number of Topliss-reactive ketones (excluding diaryl/α,β-unsaturated/α-hetero) is 2. The van der Waals surface area contributed by atoms with Crippen LogP contribution < -0.4 is 11.4 Å². The lowest BCUT2D eigenvalue weighted by molar-refractivity contribution is -0.140. The van der Waals surface area contributed by atoms with E-state index in [4.69, 9.17) is 0 Å². The van der Waals surface area contributed by atoms with Crippen LogP contribution in [0.15, 0.2) is 44.5 Å². The van der Waals surface area contributed by atoms with Crippen molar-refractivity contribution in [3.63, 3.8) is 0 Å². The van der Waals surface area contributed by atoms with E-state index in [1.165, 1.54) is 16.4 Å². The van der Waals surface area contributed by atoms with Gasteiger partial charge in [-0.05, 0) is 67.5 Å². The molecular weight excluding hydrogens is 434 g/mol. The Morgan fingerprint density at radius 1 is 0.971 bits per heavy atom. The molecule has 0 amide bonds. The number of hydrogen-bond donors (Lipinski definition) is 1. The largest absolute Gasteiger partial charge is 0.507 e. The van der Waals surface area contributed by atoms with Crippen LogP contribution in [-0.4, -0.2) is 30.6 Å². The zero-order chi connectivity index (χ0) is 24.9. The van der Waals surface area contributed by atoms with Crippen molar-refractivity contribution in [3.8, 4) is 5.75 Å². The summed E-state index contributed by atoms with van der Waals surface area (Å²) in [5, 5.41) is 10.4. The number of ketones is 2. The van der Waals surface area contributed by atoms with Crippen LogP contribution in [0.25, 0.3) is 0 Å². The first-order valence-electron chi connectivity index (χ1n) is 11.6. The Balaban J connectivity index is 1.83. The number of phenols is 1. The van der Waals surface area contributed by atoms with Crippen molar-refractivity contribution in [2.75, 3.05) is 0 Å². The number of benzene rings is 1. The minimum atomic E-state index is -1.04. The molecule has 0 spiro atoms. The molecule has 4 unspecified atom stereocenters. The van der Waals surface area contributed by atoms with Gasteiger partial charge in [-0.15, -0.1) is 0 Å². The molecule has 0 saturated heterocycles. The van der Waals surface area contributed by atoms with Gasteiger partial charge in [0.1, 0.15) is 5.75 Å². The number of fused-ring (bicyclic) bond motifs is 4. The third kappa shape index (κ3) is 2.59. The Bertz CT molecular complexity index is 1460. The van der Waals surface area contributed by atoms with Crippen LogP contribution in [0.2, 0.25) is 0 Å². The molecule has 8 nitrogen and oxygen atoms in total. The normalized spacial score (nSPS) is 28.4. The van der Waals surface area contributed by atoms with Gasteiger partial charge in [0.2, 0.25) is 0 Å². The lowest BCUT2D eigenvalue weighted by Crippen LogP contribution is -2.55. The molecule has 5 rings (SSSR count). The Morgan fingerprint density at radius 3 is 2.21 bits per heavy atom. The van der Waals surface area contributed by atoms with Crippen molar-refractivity contribution in [2.24, 2.45) is 18.4 Å². The Hall–Kier alpha value is -3.42. The third-order valence-electron chi connectivity index (χ3n) is 8.47. The second kappa shape index (κ2) is 7.04. The van der Waals surface area contributed by atoms with Gasteiger partial charge in [0, 0.05) is 18.9 Å². The van der Waals surface area contributed by atoms with Gasteiger partial charge in [-0.1, -0.05) is 25.1 Å². The molecular formula is C26H29N3O5. The third-order valence-corrected chi connectivity index (χ3v) is 8.47. The summed E-state index contributed by atoms with van der Waals surface area (Å²) < 4.78 is 3.95. The number of phenolic OH excluding ortho intramolecular Hbond substituents is 1. The number of aromatic hydroxyl groups is 1. The van der Waals surface area contributed by atoms with Crippen molar-refractivity contribution in [1.82, 2.24) is 13.9 Å². The summed E-state index contributed by atoms with van der Waals surface area (Å²) in [6, 6.07) is 3.22. The summed E-state index contributed by atoms with van der Waals surface area (Å²) in [6.45, 7) is 9.10. The highest BCUT2D eigenvalue weighted by Crippen LogP contribution is 2.60. The molecule has 178 valence electrons. The molecule has 1 aliphatic heterocycles. The summed E-state index contributed by atoms with van der Waals surface area (Å²) in [5.41, 5.74) is 2.11. The average molecular weight is 464 g/mol. The van der Waals surface area contributed by atoms with Gasteiger partial charge in [-0.3, -0.25) is 9.59 Å². The van der Waals surface area contributed by atoms with Crippen molar-refractivity contribution >= 4 is 11.6 Å². The minimum Gasteiger partial charge on any atom is -0.507 e. The number of nitrogens with zero attached hydrogens (tertiary/aromatic N) is 3. The molecule has 8 heteroatoms. The standard InChI is InChI=1S/C26H29N3O5/c1-12-9-16(10-13(2)21(12)30)20-17-7-8-28-24(33)27(6)25(34)29(28)19(17)11-18-22(31)14(3)15(4)23(32)26(18,20)5/h7,9-10,18-20,30H,8,11H2,1-6H3. The van der Waals surface area contributed by atoms with Crippen LogP contribution in [0.4, 0.5) is 0 Å². The van der Waals surface area contributed by atoms with E-state index in [0.717, 1.165) is 15.7 Å². The molecule has 2 aromatic rings. The first kappa shape index (κ1) is 22.4. The molecule has 0 radical (unpaired) electrons. The topological polar surface area (TPSA) is 103 Å². The van der Waals surface area contributed by atoms with Crippen molar-refractivity contribution in [2.45, 2.75) is 59.5 Å². The maximum Gasteiger partial charge on any atom is 0.347 e. The van der Waals surface area contributed by atoms with E-state index in [9.17, 15) is 24.3 Å². The van der Waals surface area contributed by atoms with Gasteiger partial charge < -0.3 is 5.11 Å². The number of aryl methyl sites for hydroxylation is 2. The number of aromatic nitrogens is 3. The lowest BCUT2D eigenvalue weighted by atomic mass is 9.50. The van der Waals surface area contributed by atoms with E-state index in [0.29, 0.717) is 22.3 Å². The highest BCUT2D eigenvalue weighted by atomic mass is 16.3. The second-order valence-corrected chi connectivity index (χ2v) is 10.2. The molecule has 4 atom stereocenters. The second-order valence-electron chi connectivity index (χ2n) is 10.2. The molecule has 0 bridgehead atoms. The van der Waals surface area contributed by atoms with E-state index in [1.807, 2.05) is 39.0 Å². The highest BCUT2D eigenvalue weighted by Gasteiger charge is 2.60. The summed E-state index contributed by atoms with van der Waals surface area (Å²) in [6.07, 6.45) is 2.21. The quantitative estimate of drug-likeness (QED) is 0.655. The fraction of sp³-hybridized carbons (Fsp3) is 0.462. The van der Waals surface area contributed by atoms with Crippen LogP contribution in [0.3, 0.4) is 0 Å². The predicted octanol–water partition coefficient (Wildman–Crippen LogP) is 2.45. The van der Waals surface area contributed by atoms with E-state index >= 15 is 0 Å². The fourth-order valence-corrected chi connectivity index (χ4v) is 6.49. The zero-order valence-corrected chi connectivity index (χ0v) is 20.3. The predicted molar refractivity (Wildman–Crippen MR) is 126 cm³/mol. The minimum absolute atomic E-state index is 0.0642.